The van der Waals surface area contributed by atoms with Gasteiger partial charge in [0.25, 0.3) is 0 Å². The molecule has 1 aromatic carbocycles. The van der Waals surface area contributed by atoms with Crippen molar-refractivity contribution in [1.29, 1.82) is 0 Å². The summed E-state index contributed by atoms with van der Waals surface area (Å²) in [4.78, 5) is 10.7. The molecule has 2 N–H and O–H groups in total. The zero-order valence-corrected chi connectivity index (χ0v) is 9.75. The summed E-state index contributed by atoms with van der Waals surface area (Å²) < 4.78 is 0.985. The van der Waals surface area contributed by atoms with Crippen LogP contribution in [0.4, 0.5) is 4.79 Å². The molecule has 1 aromatic rings. The van der Waals surface area contributed by atoms with Gasteiger partial charge < -0.3 is 10.4 Å². The number of amides is 1. The van der Waals surface area contributed by atoms with Crippen molar-refractivity contribution in [3.05, 3.63) is 34.3 Å². The van der Waals surface area contributed by atoms with Crippen LogP contribution >= 0.6 is 15.9 Å². The third kappa shape index (κ3) is 2.00. The number of nitrogens with one attached hydrogen (secondary N) is 1. The largest absolute Gasteiger partial charge is 0.465 e. The van der Waals surface area contributed by atoms with E-state index in [-0.39, 0.29) is 5.54 Å². The SMILES string of the molecule is O=C(O)NC1(c2cccc(Br)c2)CCC1. The van der Waals surface area contributed by atoms with Crippen LogP contribution in [0.25, 0.3) is 0 Å². The van der Waals surface area contributed by atoms with Gasteiger partial charge in [0.1, 0.15) is 0 Å². The second-order valence-electron chi connectivity index (χ2n) is 3.88. The summed E-state index contributed by atoms with van der Waals surface area (Å²) in [5, 5.41) is 11.5. The van der Waals surface area contributed by atoms with Gasteiger partial charge in [-0.25, -0.2) is 4.79 Å². The molecule has 3 nitrogen and oxygen atoms in total. The van der Waals surface area contributed by atoms with Crippen molar-refractivity contribution in [2.24, 2.45) is 0 Å². The van der Waals surface area contributed by atoms with E-state index in [1.165, 1.54) is 0 Å². The standard InChI is InChI=1S/C11H12BrNO2/c12-9-4-1-3-8(7-9)11(5-2-6-11)13-10(14)15/h1,3-4,7,13H,2,5-6H2,(H,14,15). The third-order valence-electron chi connectivity index (χ3n) is 2.93. The summed E-state index contributed by atoms with van der Waals surface area (Å²) in [5.41, 5.74) is 0.695. The minimum absolute atomic E-state index is 0.352. The molecule has 15 heavy (non-hydrogen) atoms. The first-order valence-electron chi connectivity index (χ1n) is 4.90. The molecule has 0 unspecified atom stereocenters. The van der Waals surface area contributed by atoms with Crippen LogP contribution in [0, 0.1) is 0 Å². The van der Waals surface area contributed by atoms with E-state index in [0.717, 1.165) is 29.3 Å². The van der Waals surface area contributed by atoms with Crippen LogP contribution in [0.5, 0.6) is 0 Å². The molecular formula is C11H12BrNO2. The van der Waals surface area contributed by atoms with Crippen molar-refractivity contribution in [2.45, 2.75) is 24.8 Å². The molecule has 0 spiro atoms. The van der Waals surface area contributed by atoms with Crippen molar-refractivity contribution in [3.8, 4) is 0 Å². The number of carboxylic acid groups (broad SMARTS) is 1. The van der Waals surface area contributed by atoms with Gasteiger partial charge in [0.05, 0.1) is 5.54 Å². The number of rotatable bonds is 2. The molecule has 0 aliphatic heterocycles. The summed E-state index contributed by atoms with van der Waals surface area (Å²) >= 11 is 3.40. The lowest BCUT2D eigenvalue weighted by molar-refractivity contribution is 0.144. The van der Waals surface area contributed by atoms with Gasteiger partial charge in [0.2, 0.25) is 0 Å². The normalized spacial score (nSPS) is 17.9. The van der Waals surface area contributed by atoms with Crippen molar-refractivity contribution >= 4 is 22.0 Å². The topological polar surface area (TPSA) is 49.3 Å². The minimum atomic E-state index is -0.949. The first kappa shape index (κ1) is 10.5. The first-order chi connectivity index (χ1) is 7.12. The Bertz CT molecular complexity index is 388. The van der Waals surface area contributed by atoms with Crippen LogP contribution in [0.1, 0.15) is 24.8 Å². The summed E-state index contributed by atoms with van der Waals surface area (Å²) in [6, 6.07) is 7.83. The molecule has 1 amide bonds. The third-order valence-corrected chi connectivity index (χ3v) is 3.42. The van der Waals surface area contributed by atoms with Crippen molar-refractivity contribution in [2.75, 3.05) is 0 Å². The van der Waals surface area contributed by atoms with Gasteiger partial charge in [-0.3, -0.25) is 0 Å². The van der Waals surface area contributed by atoms with Crippen molar-refractivity contribution in [1.82, 2.24) is 5.32 Å². The highest BCUT2D eigenvalue weighted by atomic mass is 79.9. The monoisotopic (exact) mass is 269 g/mol. The van der Waals surface area contributed by atoms with Crippen LogP contribution in [-0.2, 0) is 5.54 Å². The maximum atomic E-state index is 10.7. The van der Waals surface area contributed by atoms with Crippen LogP contribution < -0.4 is 5.32 Å². The van der Waals surface area contributed by atoms with Gasteiger partial charge in [0, 0.05) is 4.47 Å². The molecule has 0 atom stereocenters. The molecule has 1 aliphatic rings. The number of halogens is 1. The Kier molecular flexibility index (Phi) is 2.69. The van der Waals surface area contributed by atoms with E-state index in [0.29, 0.717) is 0 Å². The highest BCUT2D eigenvalue weighted by Crippen LogP contribution is 2.41. The smallest absolute Gasteiger partial charge is 0.405 e. The Morgan fingerprint density at radius 3 is 2.67 bits per heavy atom. The minimum Gasteiger partial charge on any atom is -0.465 e. The van der Waals surface area contributed by atoms with E-state index in [4.69, 9.17) is 5.11 Å². The molecule has 1 fully saturated rings. The van der Waals surface area contributed by atoms with E-state index in [9.17, 15) is 4.79 Å². The Morgan fingerprint density at radius 2 is 2.20 bits per heavy atom. The maximum Gasteiger partial charge on any atom is 0.405 e. The highest BCUT2D eigenvalue weighted by molar-refractivity contribution is 9.10. The van der Waals surface area contributed by atoms with Gasteiger partial charge in [0.15, 0.2) is 0 Å². The number of carbonyl (C=O) groups is 1. The lowest BCUT2D eigenvalue weighted by Crippen LogP contribution is -2.50. The van der Waals surface area contributed by atoms with Crippen LogP contribution in [0.15, 0.2) is 28.7 Å². The fourth-order valence-electron chi connectivity index (χ4n) is 2.01. The van der Waals surface area contributed by atoms with Crippen LogP contribution in [0.2, 0.25) is 0 Å². The summed E-state index contributed by atoms with van der Waals surface area (Å²) in [6.07, 6.45) is 1.90. The number of hydrogen-bond donors (Lipinski definition) is 2. The predicted octanol–water partition coefficient (Wildman–Crippen LogP) is 3.10. The Hall–Kier alpha value is -1.03. The molecule has 0 heterocycles. The summed E-state index contributed by atoms with van der Waals surface area (Å²) in [6.45, 7) is 0. The fraction of sp³-hybridized carbons (Fsp3) is 0.364. The van der Waals surface area contributed by atoms with E-state index >= 15 is 0 Å². The van der Waals surface area contributed by atoms with Gasteiger partial charge in [-0.1, -0.05) is 28.1 Å². The van der Waals surface area contributed by atoms with Gasteiger partial charge in [-0.15, -0.1) is 0 Å². The molecule has 1 aliphatic carbocycles. The summed E-state index contributed by atoms with van der Waals surface area (Å²) in [5.74, 6) is 0. The average Bonchev–Trinajstić information content (AvgIpc) is 2.11. The quantitative estimate of drug-likeness (QED) is 0.867. The lowest BCUT2D eigenvalue weighted by atomic mass is 9.72. The molecule has 2 rings (SSSR count). The zero-order valence-electron chi connectivity index (χ0n) is 8.16. The Labute approximate surface area is 96.6 Å². The molecule has 0 saturated heterocycles. The van der Waals surface area contributed by atoms with Crippen LogP contribution in [0.3, 0.4) is 0 Å². The summed E-state index contributed by atoms with van der Waals surface area (Å²) in [7, 11) is 0. The second kappa shape index (κ2) is 3.85. The molecule has 0 radical (unpaired) electrons. The number of benzene rings is 1. The Morgan fingerprint density at radius 1 is 1.47 bits per heavy atom. The van der Waals surface area contributed by atoms with Gasteiger partial charge in [-0.2, -0.15) is 0 Å². The molecular weight excluding hydrogens is 258 g/mol. The molecule has 0 aromatic heterocycles. The molecule has 0 bridgehead atoms. The van der Waals surface area contributed by atoms with E-state index < -0.39 is 6.09 Å². The second-order valence-corrected chi connectivity index (χ2v) is 4.79. The van der Waals surface area contributed by atoms with Crippen molar-refractivity contribution < 1.29 is 9.90 Å². The maximum absolute atomic E-state index is 10.7. The highest BCUT2D eigenvalue weighted by Gasteiger charge is 2.40. The van der Waals surface area contributed by atoms with Gasteiger partial charge in [-0.05, 0) is 37.0 Å². The average molecular weight is 270 g/mol. The predicted molar refractivity (Wildman–Crippen MR) is 60.8 cm³/mol. The lowest BCUT2D eigenvalue weighted by Gasteiger charge is -2.42. The first-order valence-corrected chi connectivity index (χ1v) is 5.69. The number of hydrogen-bond acceptors (Lipinski definition) is 1. The fourth-order valence-corrected chi connectivity index (χ4v) is 2.41. The van der Waals surface area contributed by atoms with E-state index in [2.05, 4.69) is 21.2 Å². The Balaban J connectivity index is 2.29. The molecule has 1 saturated carbocycles. The van der Waals surface area contributed by atoms with Gasteiger partial charge >= 0.3 is 6.09 Å². The van der Waals surface area contributed by atoms with Crippen LogP contribution in [-0.4, -0.2) is 11.2 Å². The van der Waals surface area contributed by atoms with E-state index in [1.54, 1.807) is 0 Å². The van der Waals surface area contributed by atoms with Crippen molar-refractivity contribution in [3.63, 3.8) is 0 Å². The zero-order chi connectivity index (χ0) is 10.9. The molecule has 80 valence electrons. The van der Waals surface area contributed by atoms with E-state index in [1.807, 2.05) is 24.3 Å². The molecule has 4 heteroatoms.